The van der Waals surface area contributed by atoms with E-state index in [0.717, 1.165) is 0 Å². The first-order valence-electron chi connectivity index (χ1n) is 10.2. The fourth-order valence-corrected chi connectivity index (χ4v) is 3.86. The molecule has 0 heterocycles. The largest absolute Gasteiger partial charge is 0.431 e. The molecule has 0 rings (SSSR count). The maximum absolute atomic E-state index is 14.1. The molecule has 0 spiro atoms. The van der Waals surface area contributed by atoms with E-state index in [1.54, 1.807) is 0 Å². The highest BCUT2D eigenvalue weighted by atomic mass is 32.1. The van der Waals surface area contributed by atoms with Crippen LogP contribution in [0.3, 0.4) is 0 Å². The summed E-state index contributed by atoms with van der Waals surface area (Å²) in [5.74, 6) is -22.9. The third-order valence-electron chi connectivity index (χ3n) is 5.47. The monoisotopic (exact) mass is 646 g/mol. The molecule has 0 saturated heterocycles. The van der Waals surface area contributed by atoms with E-state index in [1.165, 1.54) is 0 Å². The molecule has 0 fully saturated rings. The van der Waals surface area contributed by atoms with Crippen LogP contribution < -0.4 is 0 Å². The van der Waals surface area contributed by atoms with Gasteiger partial charge in [-0.2, -0.15) is 78.5 Å². The van der Waals surface area contributed by atoms with Crippen molar-refractivity contribution in [3.8, 4) is 0 Å². The van der Waals surface area contributed by atoms with E-state index >= 15 is 0 Å². The highest BCUT2D eigenvalue weighted by molar-refractivity contribution is 7.80. The predicted octanol–water partition coefficient (Wildman–Crippen LogP) is 9.90. The van der Waals surface area contributed by atoms with E-state index < -0.39 is 110 Å². The van der Waals surface area contributed by atoms with E-state index in [-0.39, 0.29) is 0 Å². The summed E-state index contributed by atoms with van der Waals surface area (Å²) < 4.78 is 262. The van der Waals surface area contributed by atoms with Crippen molar-refractivity contribution in [1.29, 1.82) is 0 Å². The number of rotatable bonds is 12. The van der Waals surface area contributed by atoms with Gasteiger partial charge < -0.3 is 0 Å². The Balaban J connectivity index is 6.14. The van der Waals surface area contributed by atoms with Gasteiger partial charge in [0.1, 0.15) is 0 Å². The third-order valence-corrected chi connectivity index (χ3v) is 5.73. The SMILES string of the molecule is FC(F)(CC(CC(CC(CCS)C(F)(F)F)C(F)(F)F)C(F)(F)F)CC(F)(F)CC(F)(C(F)(F)F)C(F)(F)F. The van der Waals surface area contributed by atoms with Crippen LogP contribution in [0.15, 0.2) is 0 Å². The summed E-state index contributed by atoms with van der Waals surface area (Å²) >= 11 is 3.36. The highest BCUT2D eigenvalue weighted by Crippen LogP contribution is 2.54. The number of alkyl halides is 20. The summed E-state index contributed by atoms with van der Waals surface area (Å²) in [6, 6.07) is 0. The molecule has 3 unspecified atom stereocenters. The minimum absolute atomic E-state index is 0.712. The van der Waals surface area contributed by atoms with Crippen LogP contribution in [0.5, 0.6) is 0 Å². The quantitative estimate of drug-likeness (QED) is 0.158. The topological polar surface area (TPSA) is 0 Å². The average Bonchev–Trinajstić information content (AvgIpc) is 2.60. The van der Waals surface area contributed by atoms with Gasteiger partial charge in [-0.25, -0.2) is 22.0 Å². The van der Waals surface area contributed by atoms with Crippen LogP contribution >= 0.6 is 12.6 Å². The molecule has 0 bridgehead atoms. The molecule has 0 aliphatic heterocycles. The molecule has 0 amide bonds. The Hall–Kier alpha value is -1.05. The second kappa shape index (κ2) is 12.1. The summed E-state index contributed by atoms with van der Waals surface area (Å²) in [6.07, 6.45) is -48.3. The van der Waals surface area contributed by atoms with E-state index in [9.17, 15) is 87.8 Å². The standard InChI is InChI=1S/C18H18F20S/c19-11(20,6-12(21,22)7-13(23,17(33,34)35)18(36,37)38)5-10(16(30,31)32)4-9(15(27,28)29)3-8(1-2-39)14(24,25)26/h8-10,39H,1-7H2. The first-order valence-corrected chi connectivity index (χ1v) is 10.8. The van der Waals surface area contributed by atoms with Gasteiger partial charge in [-0.15, -0.1) is 0 Å². The molecule has 39 heavy (non-hydrogen) atoms. The number of hydrogen-bond donors (Lipinski definition) is 1. The molecule has 0 aliphatic carbocycles. The zero-order chi connectivity index (χ0) is 31.7. The Bertz CT molecular complexity index is 741. The van der Waals surface area contributed by atoms with Gasteiger partial charge in [-0.05, 0) is 25.0 Å². The number of halogens is 20. The van der Waals surface area contributed by atoms with Gasteiger partial charge in [0.15, 0.2) is 0 Å². The van der Waals surface area contributed by atoms with Crippen molar-refractivity contribution >= 4 is 12.6 Å². The lowest BCUT2D eigenvalue weighted by molar-refractivity contribution is -0.356. The molecule has 0 nitrogen and oxygen atoms in total. The molecule has 21 heteroatoms. The second-order valence-electron chi connectivity index (χ2n) is 8.77. The molecular formula is C18H18F20S. The fraction of sp³-hybridized carbons (Fsp3) is 1.00. The van der Waals surface area contributed by atoms with Gasteiger partial charge in [-0.1, -0.05) is 0 Å². The molecule has 0 aromatic heterocycles. The van der Waals surface area contributed by atoms with Crippen molar-refractivity contribution in [2.24, 2.45) is 17.8 Å². The van der Waals surface area contributed by atoms with Gasteiger partial charge in [0, 0.05) is 6.42 Å². The van der Waals surface area contributed by atoms with Gasteiger partial charge >= 0.3 is 36.6 Å². The highest BCUT2D eigenvalue weighted by Gasteiger charge is 2.75. The zero-order valence-electron chi connectivity index (χ0n) is 18.7. The Morgan fingerprint density at radius 2 is 0.795 bits per heavy atom. The van der Waals surface area contributed by atoms with Gasteiger partial charge in [0.2, 0.25) is 0 Å². The Labute approximate surface area is 211 Å². The van der Waals surface area contributed by atoms with Crippen LogP contribution in [0.25, 0.3) is 0 Å². The predicted molar refractivity (Wildman–Crippen MR) is 96.0 cm³/mol. The summed E-state index contributed by atoms with van der Waals surface area (Å²) in [5, 5.41) is 0. The van der Waals surface area contributed by atoms with Gasteiger partial charge in [0.25, 0.3) is 11.8 Å². The van der Waals surface area contributed by atoms with Crippen LogP contribution in [-0.4, -0.2) is 54.1 Å². The smallest absolute Gasteiger partial charge is 0.223 e. The van der Waals surface area contributed by atoms with Crippen LogP contribution in [0, 0.1) is 17.8 Å². The van der Waals surface area contributed by atoms with Crippen LogP contribution in [0.2, 0.25) is 0 Å². The van der Waals surface area contributed by atoms with Crippen molar-refractivity contribution in [3.63, 3.8) is 0 Å². The lowest BCUT2D eigenvalue weighted by Gasteiger charge is -2.35. The summed E-state index contributed by atoms with van der Waals surface area (Å²) in [4.78, 5) is 0. The van der Waals surface area contributed by atoms with Crippen molar-refractivity contribution < 1.29 is 87.8 Å². The first-order chi connectivity index (χ1) is 16.8. The Kier molecular flexibility index (Phi) is 11.7. The van der Waals surface area contributed by atoms with E-state index in [1.807, 2.05) is 0 Å². The Morgan fingerprint density at radius 3 is 1.10 bits per heavy atom. The van der Waals surface area contributed by atoms with Crippen molar-refractivity contribution in [1.82, 2.24) is 0 Å². The van der Waals surface area contributed by atoms with E-state index in [2.05, 4.69) is 12.6 Å². The molecule has 0 N–H and O–H groups in total. The third kappa shape index (κ3) is 11.4. The second-order valence-corrected chi connectivity index (χ2v) is 9.21. The molecule has 0 saturated carbocycles. The van der Waals surface area contributed by atoms with Crippen LogP contribution in [0.4, 0.5) is 87.8 Å². The van der Waals surface area contributed by atoms with Crippen molar-refractivity contribution in [2.45, 2.75) is 86.9 Å². The molecule has 0 aliphatic rings. The summed E-state index contributed by atoms with van der Waals surface area (Å²) in [6.45, 7) is 0. The van der Waals surface area contributed by atoms with Crippen LogP contribution in [-0.2, 0) is 0 Å². The molecular weight excluding hydrogens is 628 g/mol. The Morgan fingerprint density at radius 1 is 0.436 bits per heavy atom. The molecule has 236 valence electrons. The van der Waals surface area contributed by atoms with E-state index in [4.69, 9.17) is 0 Å². The van der Waals surface area contributed by atoms with Crippen LogP contribution in [0.1, 0.15) is 38.5 Å². The van der Waals surface area contributed by atoms with Crippen molar-refractivity contribution in [2.75, 3.05) is 5.75 Å². The molecule has 0 aromatic carbocycles. The lowest BCUT2D eigenvalue weighted by atomic mass is 9.81. The fourth-order valence-electron chi connectivity index (χ4n) is 3.55. The minimum Gasteiger partial charge on any atom is -0.223 e. The van der Waals surface area contributed by atoms with Gasteiger partial charge in [-0.3, -0.25) is 0 Å². The number of thiol groups is 1. The maximum atomic E-state index is 14.1. The maximum Gasteiger partial charge on any atom is 0.431 e. The average molecular weight is 646 g/mol. The van der Waals surface area contributed by atoms with Crippen molar-refractivity contribution in [3.05, 3.63) is 0 Å². The molecule has 0 aromatic rings. The van der Waals surface area contributed by atoms with E-state index in [0.29, 0.717) is 0 Å². The number of hydrogen-bond acceptors (Lipinski definition) is 1. The summed E-state index contributed by atoms with van der Waals surface area (Å²) in [5.41, 5.74) is -6.80. The summed E-state index contributed by atoms with van der Waals surface area (Å²) in [7, 11) is 0. The minimum atomic E-state index is -7.15. The molecule has 0 radical (unpaired) electrons. The van der Waals surface area contributed by atoms with Gasteiger partial charge in [0.05, 0.1) is 30.6 Å². The lowest BCUT2D eigenvalue weighted by Crippen LogP contribution is -2.56. The zero-order valence-corrected chi connectivity index (χ0v) is 19.6. The normalized spacial score (nSPS) is 17.8. The molecule has 3 atom stereocenters. The first kappa shape index (κ1) is 38.0.